The Kier molecular flexibility index (Phi) is 6.21. The van der Waals surface area contributed by atoms with Gasteiger partial charge in [-0.3, -0.25) is 4.79 Å². The summed E-state index contributed by atoms with van der Waals surface area (Å²) in [5.41, 5.74) is 0.955. The standard InChI is InChI=1S/C13H19N3O3/c1-10(17)14-6-7-15-13(18)16-9-11-4-3-5-12(8-11)19-2/h3-5,8H,6-7,9H2,1-2H3,(H,14,17)(H2,15,16,18). The van der Waals surface area contributed by atoms with E-state index < -0.39 is 0 Å². The fourth-order valence-corrected chi connectivity index (χ4v) is 1.44. The molecule has 3 amide bonds. The fraction of sp³-hybridized carbons (Fsp3) is 0.385. The highest BCUT2D eigenvalue weighted by atomic mass is 16.5. The first-order valence-electron chi connectivity index (χ1n) is 6.01. The van der Waals surface area contributed by atoms with Crippen LogP contribution in [-0.2, 0) is 11.3 Å². The van der Waals surface area contributed by atoms with E-state index in [1.807, 2.05) is 24.3 Å². The van der Waals surface area contributed by atoms with Crippen LogP contribution in [0, 0.1) is 0 Å². The Morgan fingerprint density at radius 1 is 1.16 bits per heavy atom. The molecule has 3 N–H and O–H groups in total. The van der Waals surface area contributed by atoms with Gasteiger partial charge in [0.15, 0.2) is 0 Å². The molecular formula is C13H19N3O3. The van der Waals surface area contributed by atoms with Gasteiger partial charge in [0.25, 0.3) is 0 Å². The summed E-state index contributed by atoms with van der Waals surface area (Å²) in [6, 6.07) is 7.20. The van der Waals surface area contributed by atoms with Crippen molar-refractivity contribution in [3.05, 3.63) is 29.8 Å². The van der Waals surface area contributed by atoms with E-state index in [4.69, 9.17) is 4.74 Å². The molecular weight excluding hydrogens is 246 g/mol. The molecule has 0 unspecified atom stereocenters. The molecule has 6 heteroatoms. The summed E-state index contributed by atoms with van der Waals surface area (Å²) in [7, 11) is 1.60. The second-order valence-corrected chi connectivity index (χ2v) is 3.94. The first-order chi connectivity index (χ1) is 9.11. The molecule has 1 aromatic carbocycles. The van der Waals surface area contributed by atoms with Crippen molar-refractivity contribution in [2.75, 3.05) is 20.2 Å². The lowest BCUT2D eigenvalue weighted by Gasteiger charge is -2.08. The highest BCUT2D eigenvalue weighted by Crippen LogP contribution is 2.11. The number of carbonyl (C=O) groups excluding carboxylic acids is 2. The maximum Gasteiger partial charge on any atom is 0.315 e. The van der Waals surface area contributed by atoms with E-state index in [1.165, 1.54) is 6.92 Å². The molecule has 6 nitrogen and oxygen atoms in total. The number of carbonyl (C=O) groups is 2. The lowest BCUT2D eigenvalue weighted by molar-refractivity contribution is -0.118. The number of amides is 3. The molecule has 0 radical (unpaired) electrons. The summed E-state index contributed by atoms with van der Waals surface area (Å²) in [6.07, 6.45) is 0. The minimum Gasteiger partial charge on any atom is -0.497 e. The Hall–Kier alpha value is -2.24. The summed E-state index contributed by atoms with van der Waals surface area (Å²) >= 11 is 0. The zero-order valence-electron chi connectivity index (χ0n) is 11.2. The quantitative estimate of drug-likeness (QED) is 0.660. The number of benzene rings is 1. The van der Waals surface area contributed by atoms with Crippen LogP contribution < -0.4 is 20.7 Å². The predicted octanol–water partition coefficient (Wildman–Crippen LogP) is 0.630. The molecule has 0 aliphatic rings. The van der Waals surface area contributed by atoms with Gasteiger partial charge in [0, 0.05) is 26.6 Å². The molecule has 0 fully saturated rings. The zero-order chi connectivity index (χ0) is 14.1. The van der Waals surface area contributed by atoms with Crippen LogP contribution in [0.15, 0.2) is 24.3 Å². The van der Waals surface area contributed by atoms with Crippen molar-refractivity contribution >= 4 is 11.9 Å². The summed E-state index contributed by atoms with van der Waals surface area (Å²) < 4.78 is 5.09. The van der Waals surface area contributed by atoms with E-state index in [1.54, 1.807) is 7.11 Å². The third kappa shape index (κ3) is 6.30. The van der Waals surface area contributed by atoms with Gasteiger partial charge in [0.2, 0.25) is 5.91 Å². The predicted molar refractivity (Wildman–Crippen MR) is 71.9 cm³/mol. The molecule has 0 saturated carbocycles. The van der Waals surface area contributed by atoms with Crippen LogP contribution in [-0.4, -0.2) is 32.1 Å². The molecule has 104 valence electrons. The van der Waals surface area contributed by atoms with Gasteiger partial charge in [-0.05, 0) is 17.7 Å². The van der Waals surface area contributed by atoms with Crippen molar-refractivity contribution in [1.29, 1.82) is 0 Å². The summed E-state index contributed by atoms with van der Waals surface area (Å²) in [5.74, 6) is 0.643. The van der Waals surface area contributed by atoms with Crippen molar-refractivity contribution in [2.24, 2.45) is 0 Å². The second-order valence-electron chi connectivity index (χ2n) is 3.94. The molecule has 0 heterocycles. The molecule has 0 spiro atoms. The van der Waals surface area contributed by atoms with Crippen LogP contribution in [0.25, 0.3) is 0 Å². The van der Waals surface area contributed by atoms with Gasteiger partial charge < -0.3 is 20.7 Å². The van der Waals surface area contributed by atoms with Crippen molar-refractivity contribution in [3.63, 3.8) is 0 Å². The van der Waals surface area contributed by atoms with Gasteiger partial charge in [-0.25, -0.2) is 4.79 Å². The number of hydrogen-bond acceptors (Lipinski definition) is 3. The molecule has 1 aromatic rings. The van der Waals surface area contributed by atoms with E-state index in [2.05, 4.69) is 16.0 Å². The fourth-order valence-electron chi connectivity index (χ4n) is 1.44. The molecule has 19 heavy (non-hydrogen) atoms. The maximum absolute atomic E-state index is 11.4. The van der Waals surface area contributed by atoms with Crippen LogP contribution >= 0.6 is 0 Å². The SMILES string of the molecule is COc1cccc(CNC(=O)NCCNC(C)=O)c1. The van der Waals surface area contributed by atoms with Gasteiger partial charge in [-0.1, -0.05) is 12.1 Å². The number of rotatable bonds is 6. The van der Waals surface area contributed by atoms with Crippen LogP contribution in [0.4, 0.5) is 4.79 Å². The molecule has 0 atom stereocenters. The Morgan fingerprint density at radius 2 is 1.89 bits per heavy atom. The number of nitrogens with one attached hydrogen (secondary N) is 3. The first kappa shape index (κ1) is 14.8. The monoisotopic (exact) mass is 265 g/mol. The number of hydrogen-bond donors (Lipinski definition) is 3. The average molecular weight is 265 g/mol. The van der Waals surface area contributed by atoms with Crippen LogP contribution in [0.1, 0.15) is 12.5 Å². The summed E-state index contributed by atoms with van der Waals surface area (Å²) in [6.45, 7) is 2.66. The van der Waals surface area contributed by atoms with Crippen molar-refractivity contribution < 1.29 is 14.3 Å². The summed E-state index contributed by atoms with van der Waals surface area (Å²) in [4.78, 5) is 22.1. The third-order valence-corrected chi connectivity index (χ3v) is 2.37. The van der Waals surface area contributed by atoms with E-state index in [-0.39, 0.29) is 11.9 Å². The Balaban J connectivity index is 2.24. The minimum absolute atomic E-state index is 0.112. The highest BCUT2D eigenvalue weighted by molar-refractivity contribution is 5.74. The molecule has 0 aromatic heterocycles. The topological polar surface area (TPSA) is 79.5 Å². The van der Waals surface area contributed by atoms with E-state index in [0.29, 0.717) is 19.6 Å². The van der Waals surface area contributed by atoms with Crippen molar-refractivity contribution in [2.45, 2.75) is 13.5 Å². The lowest BCUT2D eigenvalue weighted by atomic mass is 10.2. The minimum atomic E-state index is -0.270. The van der Waals surface area contributed by atoms with Crippen molar-refractivity contribution in [3.8, 4) is 5.75 Å². The van der Waals surface area contributed by atoms with Gasteiger partial charge >= 0.3 is 6.03 Å². The van der Waals surface area contributed by atoms with Crippen molar-refractivity contribution in [1.82, 2.24) is 16.0 Å². The molecule has 0 saturated heterocycles. The Bertz CT molecular complexity index is 435. The van der Waals surface area contributed by atoms with Gasteiger partial charge in [0.05, 0.1) is 7.11 Å². The van der Waals surface area contributed by atoms with Gasteiger partial charge in [0.1, 0.15) is 5.75 Å². The average Bonchev–Trinajstić information content (AvgIpc) is 2.41. The highest BCUT2D eigenvalue weighted by Gasteiger charge is 2.01. The second kappa shape index (κ2) is 7.97. The van der Waals surface area contributed by atoms with E-state index in [9.17, 15) is 9.59 Å². The normalized spacial score (nSPS) is 9.58. The third-order valence-electron chi connectivity index (χ3n) is 2.37. The van der Waals surface area contributed by atoms with Crippen LogP contribution in [0.3, 0.4) is 0 Å². The van der Waals surface area contributed by atoms with E-state index >= 15 is 0 Å². The largest absolute Gasteiger partial charge is 0.497 e. The molecule has 0 bridgehead atoms. The maximum atomic E-state index is 11.4. The van der Waals surface area contributed by atoms with Gasteiger partial charge in [-0.2, -0.15) is 0 Å². The first-order valence-corrected chi connectivity index (χ1v) is 6.01. The number of methoxy groups -OCH3 is 1. The molecule has 0 aliphatic heterocycles. The van der Waals surface area contributed by atoms with Gasteiger partial charge in [-0.15, -0.1) is 0 Å². The van der Waals surface area contributed by atoms with Crippen LogP contribution in [0.5, 0.6) is 5.75 Å². The summed E-state index contributed by atoms with van der Waals surface area (Å²) in [5, 5.41) is 7.95. The Morgan fingerprint density at radius 3 is 2.58 bits per heavy atom. The number of ether oxygens (including phenoxy) is 1. The molecule has 1 rings (SSSR count). The van der Waals surface area contributed by atoms with Crippen LogP contribution in [0.2, 0.25) is 0 Å². The lowest BCUT2D eigenvalue weighted by Crippen LogP contribution is -2.39. The molecule has 0 aliphatic carbocycles. The number of urea groups is 1. The Labute approximate surface area is 112 Å². The zero-order valence-corrected chi connectivity index (χ0v) is 11.2. The smallest absolute Gasteiger partial charge is 0.315 e. The van der Waals surface area contributed by atoms with E-state index in [0.717, 1.165) is 11.3 Å².